The van der Waals surface area contributed by atoms with Crippen molar-refractivity contribution < 1.29 is 13.9 Å². The first-order chi connectivity index (χ1) is 13.0. The fourth-order valence-electron chi connectivity index (χ4n) is 3.18. The number of carbonyl (C=O) groups excluding carboxylic acids is 1. The molecular weight excluding hydrogens is 343 g/mol. The van der Waals surface area contributed by atoms with Gasteiger partial charge in [-0.15, -0.1) is 0 Å². The van der Waals surface area contributed by atoms with Gasteiger partial charge in [-0.3, -0.25) is 4.79 Å². The summed E-state index contributed by atoms with van der Waals surface area (Å²) in [5.74, 6) is 0.355. The first kappa shape index (κ1) is 18.7. The van der Waals surface area contributed by atoms with Crippen molar-refractivity contribution in [2.75, 3.05) is 7.11 Å². The molecule has 0 saturated carbocycles. The summed E-state index contributed by atoms with van der Waals surface area (Å²) in [4.78, 5) is 12.8. The summed E-state index contributed by atoms with van der Waals surface area (Å²) in [6.07, 6.45) is 0. The molecule has 1 N–H and O–H groups in total. The SMILES string of the molecule is COc1cccc(Cn2c(C)cc(C)c2C(=O)NCc2ccc(F)cc2)c1. The van der Waals surface area contributed by atoms with Gasteiger partial charge in [0.25, 0.3) is 5.91 Å². The van der Waals surface area contributed by atoms with E-state index < -0.39 is 0 Å². The lowest BCUT2D eigenvalue weighted by atomic mass is 10.2. The number of hydrogen-bond acceptors (Lipinski definition) is 2. The summed E-state index contributed by atoms with van der Waals surface area (Å²) in [5.41, 5.74) is 4.48. The van der Waals surface area contributed by atoms with Gasteiger partial charge in [0, 0.05) is 18.8 Å². The van der Waals surface area contributed by atoms with Gasteiger partial charge < -0.3 is 14.6 Å². The number of hydrogen-bond donors (Lipinski definition) is 1. The molecule has 3 aromatic rings. The van der Waals surface area contributed by atoms with Gasteiger partial charge in [-0.2, -0.15) is 0 Å². The van der Waals surface area contributed by atoms with Gasteiger partial charge in [-0.05, 0) is 60.9 Å². The third-order valence-electron chi connectivity index (χ3n) is 4.55. The van der Waals surface area contributed by atoms with Crippen molar-refractivity contribution in [3.05, 3.63) is 88.5 Å². The van der Waals surface area contributed by atoms with E-state index in [4.69, 9.17) is 4.74 Å². The predicted octanol–water partition coefficient (Wildman–Crippen LogP) is 4.23. The van der Waals surface area contributed by atoms with E-state index in [0.717, 1.165) is 28.1 Å². The maximum Gasteiger partial charge on any atom is 0.268 e. The van der Waals surface area contributed by atoms with E-state index in [1.807, 2.05) is 48.7 Å². The van der Waals surface area contributed by atoms with Crippen LogP contribution in [0.4, 0.5) is 4.39 Å². The van der Waals surface area contributed by atoms with Crippen molar-refractivity contribution in [1.82, 2.24) is 9.88 Å². The van der Waals surface area contributed by atoms with E-state index in [-0.39, 0.29) is 11.7 Å². The lowest BCUT2D eigenvalue weighted by Crippen LogP contribution is -2.26. The van der Waals surface area contributed by atoms with E-state index in [0.29, 0.717) is 18.8 Å². The molecule has 5 heteroatoms. The minimum atomic E-state index is -0.288. The number of nitrogens with one attached hydrogen (secondary N) is 1. The third-order valence-corrected chi connectivity index (χ3v) is 4.55. The van der Waals surface area contributed by atoms with Gasteiger partial charge in [-0.1, -0.05) is 24.3 Å². The molecule has 2 aromatic carbocycles. The number of aryl methyl sites for hydroxylation is 2. The average molecular weight is 366 g/mol. The van der Waals surface area contributed by atoms with Gasteiger partial charge in [0.1, 0.15) is 17.3 Å². The predicted molar refractivity (Wildman–Crippen MR) is 104 cm³/mol. The van der Waals surface area contributed by atoms with Crippen molar-refractivity contribution in [3.8, 4) is 5.75 Å². The van der Waals surface area contributed by atoms with Crippen LogP contribution in [0, 0.1) is 19.7 Å². The minimum absolute atomic E-state index is 0.146. The molecular formula is C22H23FN2O2. The number of carbonyl (C=O) groups is 1. The Kier molecular flexibility index (Phi) is 5.60. The third kappa shape index (κ3) is 4.37. The van der Waals surface area contributed by atoms with Crippen molar-refractivity contribution in [2.45, 2.75) is 26.9 Å². The standard InChI is InChI=1S/C22H23FN2O2/c1-15-11-16(2)25(14-18-5-4-6-20(12-18)27-3)21(15)22(26)24-13-17-7-9-19(23)10-8-17/h4-12H,13-14H2,1-3H3,(H,24,26). The molecule has 0 bridgehead atoms. The molecule has 0 unspecified atom stereocenters. The van der Waals surface area contributed by atoms with E-state index in [1.54, 1.807) is 19.2 Å². The summed E-state index contributed by atoms with van der Waals surface area (Å²) in [7, 11) is 1.64. The highest BCUT2D eigenvalue weighted by atomic mass is 19.1. The fourth-order valence-corrected chi connectivity index (χ4v) is 3.18. The van der Waals surface area contributed by atoms with Crippen LogP contribution in [0.5, 0.6) is 5.75 Å². The van der Waals surface area contributed by atoms with Gasteiger partial charge >= 0.3 is 0 Å². The molecule has 3 rings (SSSR count). The average Bonchev–Trinajstić information content (AvgIpc) is 2.94. The second-order valence-corrected chi connectivity index (χ2v) is 6.56. The van der Waals surface area contributed by atoms with Crippen molar-refractivity contribution >= 4 is 5.91 Å². The number of amides is 1. The zero-order valence-electron chi connectivity index (χ0n) is 15.8. The lowest BCUT2D eigenvalue weighted by molar-refractivity contribution is 0.0941. The summed E-state index contributed by atoms with van der Waals surface area (Å²) in [5, 5.41) is 2.93. The highest BCUT2D eigenvalue weighted by molar-refractivity contribution is 5.94. The Balaban J connectivity index is 1.80. The Labute approximate surface area is 158 Å². The number of methoxy groups -OCH3 is 1. The first-order valence-electron chi connectivity index (χ1n) is 8.80. The molecule has 0 aliphatic rings. The van der Waals surface area contributed by atoms with Crippen LogP contribution in [0.15, 0.2) is 54.6 Å². The molecule has 1 aromatic heterocycles. The normalized spacial score (nSPS) is 10.7. The molecule has 0 radical (unpaired) electrons. The second-order valence-electron chi connectivity index (χ2n) is 6.56. The highest BCUT2D eigenvalue weighted by Gasteiger charge is 2.17. The van der Waals surface area contributed by atoms with Gasteiger partial charge in [0.05, 0.1) is 7.11 Å². The van der Waals surface area contributed by atoms with Crippen LogP contribution in [0.2, 0.25) is 0 Å². The number of nitrogens with zero attached hydrogens (tertiary/aromatic N) is 1. The molecule has 0 spiro atoms. The van der Waals surface area contributed by atoms with Gasteiger partial charge in [-0.25, -0.2) is 4.39 Å². The molecule has 27 heavy (non-hydrogen) atoms. The Morgan fingerprint density at radius 2 is 1.81 bits per heavy atom. The second kappa shape index (κ2) is 8.08. The summed E-state index contributed by atoms with van der Waals surface area (Å²) in [6, 6.07) is 15.9. The molecule has 0 aliphatic carbocycles. The number of rotatable bonds is 6. The van der Waals surface area contributed by atoms with Crippen LogP contribution < -0.4 is 10.1 Å². The maximum absolute atomic E-state index is 13.0. The van der Waals surface area contributed by atoms with Crippen molar-refractivity contribution in [2.24, 2.45) is 0 Å². The van der Waals surface area contributed by atoms with Crippen LogP contribution >= 0.6 is 0 Å². The Hall–Kier alpha value is -3.08. The molecule has 0 aliphatic heterocycles. The molecule has 4 nitrogen and oxygen atoms in total. The van der Waals surface area contributed by atoms with Crippen LogP contribution in [0.3, 0.4) is 0 Å². The minimum Gasteiger partial charge on any atom is -0.497 e. The molecule has 0 saturated heterocycles. The lowest BCUT2D eigenvalue weighted by Gasteiger charge is -2.14. The smallest absolute Gasteiger partial charge is 0.268 e. The topological polar surface area (TPSA) is 43.3 Å². The van der Waals surface area contributed by atoms with E-state index in [9.17, 15) is 9.18 Å². The zero-order valence-corrected chi connectivity index (χ0v) is 15.8. The van der Waals surface area contributed by atoms with Crippen LogP contribution in [0.1, 0.15) is 32.9 Å². The molecule has 140 valence electrons. The quantitative estimate of drug-likeness (QED) is 0.709. The van der Waals surface area contributed by atoms with Gasteiger partial charge in [0.2, 0.25) is 0 Å². The molecule has 0 atom stereocenters. The Morgan fingerprint density at radius 1 is 1.07 bits per heavy atom. The van der Waals surface area contributed by atoms with Crippen LogP contribution in [-0.2, 0) is 13.1 Å². The fraction of sp³-hybridized carbons (Fsp3) is 0.227. The number of ether oxygens (including phenoxy) is 1. The van der Waals surface area contributed by atoms with Crippen molar-refractivity contribution in [3.63, 3.8) is 0 Å². The monoisotopic (exact) mass is 366 g/mol. The number of aromatic nitrogens is 1. The largest absolute Gasteiger partial charge is 0.497 e. The summed E-state index contributed by atoms with van der Waals surface area (Å²) < 4.78 is 20.3. The molecule has 0 fully saturated rings. The Morgan fingerprint density at radius 3 is 2.52 bits per heavy atom. The van der Waals surface area contributed by atoms with Gasteiger partial charge in [0.15, 0.2) is 0 Å². The van der Waals surface area contributed by atoms with Crippen molar-refractivity contribution in [1.29, 1.82) is 0 Å². The van der Waals surface area contributed by atoms with Crippen LogP contribution in [-0.4, -0.2) is 17.6 Å². The molecule has 1 amide bonds. The summed E-state index contributed by atoms with van der Waals surface area (Å²) >= 11 is 0. The zero-order chi connectivity index (χ0) is 19.4. The molecule has 1 heterocycles. The maximum atomic E-state index is 13.0. The summed E-state index contributed by atoms with van der Waals surface area (Å²) in [6.45, 7) is 4.85. The van der Waals surface area contributed by atoms with Crippen LogP contribution in [0.25, 0.3) is 0 Å². The van der Waals surface area contributed by atoms with E-state index in [2.05, 4.69) is 5.32 Å². The number of benzene rings is 2. The number of halogens is 1. The van der Waals surface area contributed by atoms with E-state index >= 15 is 0 Å². The Bertz CT molecular complexity index is 945. The first-order valence-corrected chi connectivity index (χ1v) is 8.80. The highest BCUT2D eigenvalue weighted by Crippen LogP contribution is 2.20. The van der Waals surface area contributed by atoms with E-state index in [1.165, 1.54) is 12.1 Å².